The summed E-state index contributed by atoms with van der Waals surface area (Å²) in [6, 6.07) is 12.6. The Morgan fingerprint density at radius 3 is 2.72 bits per heavy atom. The molecule has 0 atom stereocenters. The average Bonchev–Trinajstić information content (AvgIpc) is 3.52. The molecule has 3 N–H and O–H groups in total. The van der Waals surface area contributed by atoms with Crippen LogP contribution in [0.1, 0.15) is 23.2 Å². The number of hydrogen-bond donors (Lipinski definition) is 3. The van der Waals surface area contributed by atoms with Gasteiger partial charge in [-0.05, 0) is 43.2 Å². The summed E-state index contributed by atoms with van der Waals surface area (Å²) in [4.78, 5) is 25.1. The summed E-state index contributed by atoms with van der Waals surface area (Å²) < 4.78 is 0. The number of halogens is 1. The number of anilines is 3. The molecule has 144 valence electrons. The number of carboxylic acids is 1. The topological polar surface area (TPSA) is 100 Å². The first-order chi connectivity index (χ1) is 14.1. The number of benzene rings is 2. The van der Waals surface area contributed by atoms with Crippen molar-refractivity contribution in [3.63, 3.8) is 0 Å². The summed E-state index contributed by atoms with van der Waals surface area (Å²) in [6.45, 7) is 0. The molecule has 1 fully saturated rings. The fourth-order valence-electron chi connectivity index (χ4n) is 3.19. The Bertz CT molecular complexity index is 1270. The second-order valence-corrected chi connectivity index (χ2v) is 7.44. The molecule has 0 spiro atoms. The molecule has 0 aliphatic heterocycles. The third-order valence-corrected chi connectivity index (χ3v) is 5.01. The van der Waals surface area contributed by atoms with E-state index in [0.717, 1.165) is 29.3 Å². The van der Waals surface area contributed by atoms with E-state index in [2.05, 4.69) is 25.6 Å². The van der Waals surface area contributed by atoms with Crippen LogP contribution >= 0.6 is 11.6 Å². The Balaban J connectivity index is 1.65. The highest BCUT2D eigenvalue weighted by atomic mass is 35.5. The smallest absolute Gasteiger partial charge is 0.335 e. The van der Waals surface area contributed by atoms with Crippen molar-refractivity contribution in [2.24, 2.45) is 0 Å². The van der Waals surface area contributed by atoms with Gasteiger partial charge in [-0.2, -0.15) is 0 Å². The van der Waals surface area contributed by atoms with Gasteiger partial charge in [-0.15, -0.1) is 0 Å². The van der Waals surface area contributed by atoms with Crippen molar-refractivity contribution in [1.29, 1.82) is 0 Å². The second kappa shape index (κ2) is 6.86. The molecule has 0 amide bonds. The van der Waals surface area contributed by atoms with Gasteiger partial charge < -0.3 is 15.7 Å². The lowest BCUT2D eigenvalue weighted by molar-refractivity contribution is 0.0697. The molecule has 4 aromatic rings. The number of aromatic nitrogens is 3. The Morgan fingerprint density at radius 2 is 1.97 bits per heavy atom. The highest BCUT2D eigenvalue weighted by Gasteiger charge is 2.23. The van der Waals surface area contributed by atoms with Gasteiger partial charge in [-0.1, -0.05) is 23.7 Å². The predicted molar refractivity (Wildman–Crippen MR) is 113 cm³/mol. The second-order valence-electron chi connectivity index (χ2n) is 7.01. The molecule has 8 heteroatoms. The number of fused-ring (bicyclic) bond motifs is 3. The SMILES string of the molecule is O=C(O)c1ccc2c(c1)nc(NC1CC1)c1nc(Nc3cccc(Cl)c3)ncc12. The zero-order chi connectivity index (χ0) is 20.0. The molecule has 0 bridgehead atoms. The first-order valence-electron chi connectivity index (χ1n) is 9.20. The molecule has 0 unspecified atom stereocenters. The van der Waals surface area contributed by atoms with Crippen molar-refractivity contribution in [3.05, 3.63) is 59.2 Å². The molecule has 1 saturated carbocycles. The van der Waals surface area contributed by atoms with Crippen molar-refractivity contribution in [3.8, 4) is 0 Å². The third kappa shape index (κ3) is 3.52. The molecule has 0 radical (unpaired) electrons. The van der Waals surface area contributed by atoms with Crippen molar-refractivity contribution >= 4 is 56.8 Å². The van der Waals surface area contributed by atoms with Crippen LogP contribution in [0.4, 0.5) is 17.5 Å². The van der Waals surface area contributed by atoms with Crippen LogP contribution < -0.4 is 10.6 Å². The van der Waals surface area contributed by atoms with Gasteiger partial charge in [-0.25, -0.2) is 19.7 Å². The largest absolute Gasteiger partial charge is 0.478 e. The van der Waals surface area contributed by atoms with E-state index in [4.69, 9.17) is 11.6 Å². The zero-order valence-electron chi connectivity index (χ0n) is 15.2. The summed E-state index contributed by atoms with van der Waals surface area (Å²) in [6.07, 6.45) is 3.89. The van der Waals surface area contributed by atoms with Crippen molar-refractivity contribution in [2.75, 3.05) is 10.6 Å². The minimum absolute atomic E-state index is 0.196. The first-order valence-corrected chi connectivity index (χ1v) is 9.57. The van der Waals surface area contributed by atoms with Crippen LogP contribution in [0.15, 0.2) is 48.7 Å². The highest BCUT2D eigenvalue weighted by Crippen LogP contribution is 2.32. The van der Waals surface area contributed by atoms with E-state index in [1.54, 1.807) is 36.5 Å². The van der Waals surface area contributed by atoms with E-state index in [1.165, 1.54) is 0 Å². The number of nitrogens with one attached hydrogen (secondary N) is 2. The lowest BCUT2D eigenvalue weighted by atomic mass is 10.1. The Morgan fingerprint density at radius 1 is 1.10 bits per heavy atom. The van der Waals surface area contributed by atoms with Crippen LogP contribution in [0.5, 0.6) is 0 Å². The van der Waals surface area contributed by atoms with E-state index in [0.29, 0.717) is 33.9 Å². The van der Waals surface area contributed by atoms with Gasteiger partial charge in [0, 0.05) is 33.7 Å². The van der Waals surface area contributed by atoms with Gasteiger partial charge in [-0.3, -0.25) is 0 Å². The summed E-state index contributed by atoms with van der Waals surface area (Å²) in [5, 5.41) is 18.1. The number of hydrogen-bond acceptors (Lipinski definition) is 6. The summed E-state index contributed by atoms with van der Waals surface area (Å²) in [5.74, 6) is 0.0822. The van der Waals surface area contributed by atoms with Crippen molar-refractivity contribution in [2.45, 2.75) is 18.9 Å². The molecular formula is C21H16ClN5O2. The molecule has 1 aliphatic carbocycles. The Hall–Kier alpha value is -3.45. The molecular weight excluding hydrogens is 390 g/mol. The minimum Gasteiger partial charge on any atom is -0.478 e. The van der Waals surface area contributed by atoms with E-state index in [-0.39, 0.29) is 5.56 Å². The van der Waals surface area contributed by atoms with Crippen LogP contribution in [0, 0.1) is 0 Å². The van der Waals surface area contributed by atoms with Crippen LogP contribution in [-0.4, -0.2) is 32.1 Å². The van der Waals surface area contributed by atoms with Crippen molar-refractivity contribution < 1.29 is 9.90 Å². The normalized spacial score (nSPS) is 13.6. The molecule has 1 aliphatic rings. The lowest BCUT2D eigenvalue weighted by Crippen LogP contribution is -2.07. The molecule has 0 saturated heterocycles. The lowest BCUT2D eigenvalue weighted by Gasteiger charge is -2.12. The maximum absolute atomic E-state index is 11.3. The van der Waals surface area contributed by atoms with Gasteiger partial charge in [0.15, 0.2) is 5.82 Å². The van der Waals surface area contributed by atoms with E-state index < -0.39 is 5.97 Å². The van der Waals surface area contributed by atoms with Gasteiger partial charge >= 0.3 is 5.97 Å². The summed E-state index contributed by atoms with van der Waals surface area (Å²) in [7, 11) is 0. The van der Waals surface area contributed by atoms with E-state index >= 15 is 0 Å². The predicted octanol–water partition coefficient (Wildman–Crippen LogP) is 4.85. The van der Waals surface area contributed by atoms with Gasteiger partial charge in [0.25, 0.3) is 0 Å². The average molecular weight is 406 g/mol. The van der Waals surface area contributed by atoms with Crippen LogP contribution in [-0.2, 0) is 0 Å². The van der Waals surface area contributed by atoms with Gasteiger partial charge in [0.2, 0.25) is 5.95 Å². The molecule has 7 nitrogen and oxygen atoms in total. The number of rotatable bonds is 5. The summed E-state index contributed by atoms with van der Waals surface area (Å²) in [5.41, 5.74) is 2.27. The van der Waals surface area contributed by atoms with E-state index in [9.17, 15) is 9.90 Å². The van der Waals surface area contributed by atoms with Crippen LogP contribution in [0.2, 0.25) is 5.02 Å². The fourth-order valence-corrected chi connectivity index (χ4v) is 3.39. The quantitative estimate of drug-likeness (QED) is 0.408. The molecule has 2 aromatic heterocycles. The number of nitrogens with zero attached hydrogens (tertiary/aromatic N) is 3. The first kappa shape index (κ1) is 17.6. The number of aromatic carboxylic acids is 1. The minimum atomic E-state index is -0.984. The highest BCUT2D eigenvalue weighted by molar-refractivity contribution is 6.30. The van der Waals surface area contributed by atoms with E-state index in [1.807, 2.05) is 12.1 Å². The third-order valence-electron chi connectivity index (χ3n) is 4.78. The van der Waals surface area contributed by atoms with Gasteiger partial charge in [0.1, 0.15) is 5.52 Å². The molecule has 5 rings (SSSR count). The standard InChI is InChI=1S/C21H16ClN5O2/c22-12-2-1-3-14(9-12)25-21-23-10-16-15-7-4-11(20(28)29)8-17(15)26-19(18(16)27-21)24-13-5-6-13/h1-4,7-10,13H,5-6H2,(H,24,26)(H,28,29)(H,23,25,27). The van der Waals surface area contributed by atoms with Crippen LogP contribution in [0.25, 0.3) is 21.8 Å². The van der Waals surface area contributed by atoms with Crippen molar-refractivity contribution in [1.82, 2.24) is 15.0 Å². The monoisotopic (exact) mass is 405 g/mol. The maximum atomic E-state index is 11.3. The molecule has 2 aromatic carbocycles. The van der Waals surface area contributed by atoms with Crippen LogP contribution in [0.3, 0.4) is 0 Å². The van der Waals surface area contributed by atoms with Gasteiger partial charge in [0.05, 0.1) is 11.1 Å². The maximum Gasteiger partial charge on any atom is 0.335 e. The summed E-state index contributed by atoms with van der Waals surface area (Å²) >= 11 is 6.05. The number of carbonyl (C=O) groups is 1. The molecule has 29 heavy (non-hydrogen) atoms. The number of pyridine rings is 1. The zero-order valence-corrected chi connectivity index (χ0v) is 15.9. The number of carboxylic acid groups (broad SMARTS) is 1. The fraction of sp³-hybridized carbons (Fsp3) is 0.143. The molecule has 2 heterocycles. The Kier molecular flexibility index (Phi) is 4.17. The Labute approximate surface area is 170 Å².